The maximum Gasteiger partial charge on any atom is 0.228 e. The van der Waals surface area contributed by atoms with Gasteiger partial charge in [0, 0.05) is 38.8 Å². The topological polar surface area (TPSA) is 67.7 Å². The third-order valence-electron chi connectivity index (χ3n) is 4.76. The van der Waals surface area contributed by atoms with Gasteiger partial charge in [-0.25, -0.2) is 4.98 Å². The number of imidazole rings is 1. The van der Waals surface area contributed by atoms with Crippen LogP contribution in [0.5, 0.6) is 0 Å². The van der Waals surface area contributed by atoms with E-state index >= 15 is 0 Å². The summed E-state index contributed by atoms with van der Waals surface area (Å²) in [7, 11) is 0. The van der Waals surface area contributed by atoms with Gasteiger partial charge in [-0.15, -0.1) is 0 Å². The lowest BCUT2D eigenvalue weighted by Gasteiger charge is -2.33. The number of ether oxygens (including phenoxy) is 1. The van der Waals surface area contributed by atoms with Gasteiger partial charge in [-0.1, -0.05) is 6.92 Å². The molecule has 7 nitrogen and oxygen atoms in total. The van der Waals surface area contributed by atoms with Crippen LogP contribution >= 0.6 is 0 Å². The van der Waals surface area contributed by atoms with E-state index in [0.717, 1.165) is 24.5 Å². The smallest absolute Gasteiger partial charge is 0.228 e. The summed E-state index contributed by atoms with van der Waals surface area (Å²) in [5, 5.41) is 0. The Morgan fingerprint density at radius 1 is 1.21 bits per heavy atom. The monoisotopic (exact) mass is 334 g/mol. The highest BCUT2D eigenvalue weighted by Gasteiger charge is 2.29. The van der Waals surface area contributed by atoms with Crippen molar-refractivity contribution in [1.29, 1.82) is 0 Å². The zero-order valence-electron chi connectivity index (χ0n) is 14.5. The first-order valence-corrected chi connectivity index (χ1v) is 8.81. The highest BCUT2D eigenvalue weighted by molar-refractivity contribution is 5.78. The number of fused-ring (bicyclic) bond motifs is 1. The predicted molar refractivity (Wildman–Crippen MR) is 88.4 cm³/mol. The van der Waals surface area contributed by atoms with Gasteiger partial charge in [-0.3, -0.25) is 9.59 Å². The minimum absolute atomic E-state index is 0.0370. The van der Waals surface area contributed by atoms with Crippen molar-refractivity contribution in [2.24, 2.45) is 0 Å². The summed E-state index contributed by atoms with van der Waals surface area (Å²) in [6, 6.07) is -0.0370. The SMILES string of the molecule is CCCC(=O)N1CCn2cc(CC(=O)N3CCOCC3)nc2[C@H]1C. The van der Waals surface area contributed by atoms with Crippen LogP contribution in [-0.4, -0.2) is 64.0 Å². The van der Waals surface area contributed by atoms with Crippen LogP contribution in [0, 0.1) is 0 Å². The molecule has 0 N–H and O–H groups in total. The van der Waals surface area contributed by atoms with E-state index in [0.29, 0.717) is 45.7 Å². The van der Waals surface area contributed by atoms with Crippen molar-refractivity contribution >= 4 is 11.8 Å². The number of carbonyl (C=O) groups excluding carboxylic acids is 2. The molecule has 1 fully saturated rings. The standard InChI is InChI=1S/C17H26N4O3/c1-3-4-15(22)21-6-5-20-12-14(18-17(20)13(21)2)11-16(23)19-7-9-24-10-8-19/h12-13H,3-11H2,1-2H3/t13-/m1/s1. The van der Waals surface area contributed by atoms with Crippen LogP contribution in [0.4, 0.5) is 0 Å². The molecule has 0 aromatic carbocycles. The second-order valence-electron chi connectivity index (χ2n) is 6.47. The first-order chi connectivity index (χ1) is 11.6. The van der Waals surface area contributed by atoms with Crippen molar-refractivity contribution in [2.75, 3.05) is 32.8 Å². The molecule has 0 bridgehead atoms. The van der Waals surface area contributed by atoms with E-state index < -0.39 is 0 Å². The van der Waals surface area contributed by atoms with Gasteiger partial charge in [0.1, 0.15) is 5.82 Å². The van der Waals surface area contributed by atoms with Gasteiger partial charge in [-0.2, -0.15) is 0 Å². The van der Waals surface area contributed by atoms with E-state index in [2.05, 4.69) is 9.55 Å². The summed E-state index contributed by atoms with van der Waals surface area (Å²) in [5.74, 6) is 1.17. The average Bonchev–Trinajstić information content (AvgIpc) is 2.99. The van der Waals surface area contributed by atoms with E-state index in [9.17, 15) is 9.59 Å². The molecule has 3 rings (SSSR count). The highest BCUT2D eigenvalue weighted by atomic mass is 16.5. The number of morpholine rings is 1. The normalized spacial score (nSPS) is 20.8. The van der Waals surface area contributed by atoms with Crippen molar-refractivity contribution < 1.29 is 14.3 Å². The third kappa shape index (κ3) is 3.45. The maximum absolute atomic E-state index is 12.4. The van der Waals surface area contributed by atoms with Gasteiger partial charge in [0.05, 0.1) is 31.4 Å². The molecule has 0 radical (unpaired) electrons. The molecule has 132 valence electrons. The molecule has 3 heterocycles. The molecule has 1 atom stereocenters. The zero-order chi connectivity index (χ0) is 17.1. The molecule has 2 aliphatic rings. The second kappa shape index (κ2) is 7.34. The number of hydrogen-bond acceptors (Lipinski definition) is 4. The van der Waals surface area contributed by atoms with Crippen LogP contribution in [0.1, 0.15) is 44.2 Å². The molecule has 0 aliphatic carbocycles. The van der Waals surface area contributed by atoms with Gasteiger partial charge >= 0.3 is 0 Å². The average molecular weight is 334 g/mol. The Morgan fingerprint density at radius 2 is 1.96 bits per heavy atom. The number of aromatic nitrogens is 2. The van der Waals surface area contributed by atoms with E-state index in [1.807, 2.05) is 29.8 Å². The number of amides is 2. The summed E-state index contributed by atoms with van der Waals surface area (Å²) in [6.45, 7) is 8.01. The number of nitrogens with zero attached hydrogens (tertiary/aromatic N) is 4. The first-order valence-electron chi connectivity index (χ1n) is 8.81. The number of carbonyl (C=O) groups is 2. The molecule has 1 aromatic rings. The quantitative estimate of drug-likeness (QED) is 0.823. The summed E-state index contributed by atoms with van der Waals surface area (Å²) < 4.78 is 7.37. The fourth-order valence-corrected chi connectivity index (χ4v) is 3.41. The number of hydrogen-bond donors (Lipinski definition) is 0. The van der Waals surface area contributed by atoms with Gasteiger partial charge in [-0.05, 0) is 13.3 Å². The molecule has 1 aromatic heterocycles. The van der Waals surface area contributed by atoms with Gasteiger partial charge in [0.25, 0.3) is 0 Å². The lowest BCUT2D eigenvalue weighted by Crippen LogP contribution is -2.41. The van der Waals surface area contributed by atoms with Crippen molar-refractivity contribution in [3.63, 3.8) is 0 Å². The van der Waals surface area contributed by atoms with Crippen LogP contribution in [0.2, 0.25) is 0 Å². The molecule has 1 saturated heterocycles. The maximum atomic E-state index is 12.4. The van der Waals surface area contributed by atoms with Gasteiger partial charge in [0.2, 0.25) is 11.8 Å². The lowest BCUT2D eigenvalue weighted by atomic mass is 10.2. The molecule has 7 heteroatoms. The van der Waals surface area contributed by atoms with Gasteiger partial charge in [0.15, 0.2) is 0 Å². The van der Waals surface area contributed by atoms with E-state index in [1.54, 1.807) is 0 Å². The minimum atomic E-state index is -0.0370. The Balaban J connectivity index is 1.68. The Kier molecular flexibility index (Phi) is 5.18. The zero-order valence-corrected chi connectivity index (χ0v) is 14.5. The first kappa shape index (κ1) is 17.0. The molecular formula is C17H26N4O3. The Labute approximate surface area is 142 Å². The third-order valence-corrected chi connectivity index (χ3v) is 4.76. The van der Waals surface area contributed by atoms with Gasteiger partial charge < -0.3 is 19.1 Å². The summed E-state index contributed by atoms with van der Waals surface area (Å²) in [5.41, 5.74) is 0.790. The summed E-state index contributed by atoms with van der Waals surface area (Å²) in [6.07, 6.45) is 3.71. The fraction of sp³-hybridized carbons (Fsp3) is 0.706. The fourth-order valence-electron chi connectivity index (χ4n) is 3.41. The van der Waals surface area contributed by atoms with Crippen molar-refractivity contribution in [3.8, 4) is 0 Å². The molecular weight excluding hydrogens is 308 g/mol. The van der Waals surface area contributed by atoms with Crippen molar-refractivity contribution in [2.45, 2.75) is 45.7 Å². The Morgan fingerprint density at radius 3 is 2.67 bits per heavy atom. The molecule has 0 saturated carbocycles. The van der Waals surface area contributed by atoms with Crippen LogP contribution in [0.3, 0.4) is 0 Å². The summed E-state index contributed by atoms with van der Waals surface area (Å²) >= 11 is 0. The molecule has 0 unspecified atom stereocenters. The lowest BCUT2D eigenvalue weighted by molar-refractivity contribution is -0.135. The van der Waals surface area contributed by atoms with Crippen LogP contribution < -0.4 is 0 Å². The summed E-state index contributed by atoms with van der Waals surface area (Å²) in [4.78, 5) is 33.0. The van der Waals surface area contributed by atoms with Crippen molar-refractivity contribution in [1.82, 2.24) is 19.4 Å². The number of rotatable bonds is 4. The molecule has 24 heavy (non-hydrogen) atoms. The van der Waals surface area contributed by atoms with E-state index in [1.165, 1.54) is 0 Å². The van der Waals surface area contributed by atoms with E-state index in [4.69, 9.17) is 4.74 Å². The van der Waals surface area contributed by atoms with Crippen LogP contribution in [-0.2, 0) is 27.3 Å². The van der Waals surface area contributed by atoms with E-state index in [-0.39, 0.29) is 17.9 Å². The minimum Gasteiger partial charge on any atom is -0.378 e. The van der Waals surface area contributed by atoms with Crippen LogP contribution in [0.25, 0.3) is 0 Å². The Bertz CT molecular complexity index is 607. The molecule has 2 amide bonds. The highest BCUT2D eigenvalue weighted by Crippen LogP contribution is 2.25. The second-order valence-corrected chi connectivity index (χ2v) is 6.47. The van der Waals surface area contributed by atoms with Crippen molar-refractivity contribution in [3.05, 3.63) is 17.7 Å². The Hall–Kier alpha value is -1.89. The van der Waals surface area contributed by atoms with Crippen LogP contribution in [0.15, 0.2) is 6.20 Å². The largest absolute Gasteiger partial charge is 0.378 e. The molecule has 2 aliphatic heterocycles. The predicted octanol–water partition coefficient (Wildman–Crippen LogP) is 0.988. The molecule has 0 spiro atoms.